The summed E-state index contributed by atoms with van der Waals surface area (Å²) in [4.78, 5) is 4.84. The molecular weight excluding hydrogens is 412 g/mol. The molecule has 2 nitrogen and oxygen atoms in total. The Balaban J connectivity index is 1.43. The lowest BCUT2D eigenvalue weighted by atomic mass is 9.92. The molecule has 0 saturated heterocycles. The fourth-order valence-electron chi connectivity index (χ4n) is 4.52. The number of nitrogens with zero attached hydrogens (tertiary/aromatic N) is 2. The Morgan fingerprint density at radius 2 is 0.853 bits per heavy atom. The first kappa shape index (κ1) is 23.6. The predicted molar refractivity (Wildman–Crippen MR) is 147 cm³/mol. The molecule has 0 aliphatic carbocycles. The van der Waals surface area contributed by atoms with Gasteiger partial charge >= 0.3 is 0 Å². The summed E-state index contributed by atoms with van der Waals surface area (Å²) < 4.78 is 0. The van der Waals surface area contributed by atoms with E-state index < -0.39 is 0 Å². The number of anilines is 2. The molecule has 0 fully saturated rings. The topological polar surface area (TPSA) is 6.48 Å². The van der Waals surface area contributed by atoms with E-state index >= 15 is 0 Å². The molecule has 4 rings (SSSR count). The van der Waals surface area contributed by atoms with Gasteiger partial charge in [-0.3, -0.25) is 0 Å². The number of benzene rings is 4. The first-order valence-corrected chi connectivity index (χ1v) is 12.5. The Labute approximate surface area is 205 Å². The fourth-order valence-corrected chi connectivity index (χ4v) is 4.52. The zero-order valence-corrected chi connectivity index (χ0v) is 20.7. The molecule has 0 N–H and O–H groups in total. The van der Waals surface area contributed by atoms with Crippen molar-refractivity contribution in [3.8, 4) is 0 Å². The van der Waals surface area contributed by atoms with E-state index in [4.69, 9.17) is 0 Å². The zero-order valence-electron chi connectivity index (χ0n) is 20.7. The zero-order chi connectivity index (χ0) is 23.8. The number of hydrogen-bond acceptors (Lipinski definition) is 2. The maximum Gasteiger partial charge on any atom is 0.0429 e. The van der Waals surface area contributed by atoms with Gasteiger partial charge in [0.2, 0.25) is 0 Å². The highest BCUT2D eigenvalue weighted by Crippen LogP contribution is 2.28. The van der Waals surface area contributed by atoms with Crippen molar-refractivity contribution in [2.24, 2.45) is 0 Å². The Kier molecular flexibility index (Phi) is 8.04. The minimum atomic E-state index is 0.358. The van der Waals surface area contributed by atoms with Crippen molar-refractivity contribution in [1.29, 1.82) is 0 Å². The lowest BCUT2D eigenvalue weighted by molar-refractivity contribution is 0.828. The van der Waals surface area contributed by atoms with Crippen LogP contribution in [0, 0.1) is 0 Å². The molecule has 0 unspecified atom stereocenters. The lowest BCUT2D eigenvalue weighted by Crippen LogP contribution is -2.22. The second-order valence-corrected chi connectivity index (χ2v) is 8.90. The van der Waals surface area contributed by atoms with Gasteiger partial charge in [0, 0.05) is 43.5 Å². The third kappa shape index (κ3) is 5.88. The van der Waals surface area contributed by atoms with Crippen LogP contribution in [-0.2, 0) is 13.1 Å². The van der Waals surface area contributed by atoms with E-state index in [1.54, 1.807) is 0 Å². The summed E-state index contributed by atoms with van der Waals surface area (Å²) in [6.07, 6.45) is 0. The quantitative estimate of drug-likeness (QED) is 0.243. The third-order valence-corrected chi connectivity index (χ3v) is 6.71. The summed E-state index contributed by atoms with van der Waals surface area (Å²) in [6.45, 7) is 10.6. The van der Waals surface area contributed by atoms with Gasteiger partial charge in [0.15, 0.2) is 0 Å². The van der Waals surface area contributed by atoms with Crippen molar-refractivity contribution < 1.29 is 0 Å². The molecule has 0 aliphatic rings. The monoisotopic (exact) mass is 448 g/mol. The van der Waals surface area contributed by atoms with Crippen LogP contribution in [0.2, 0.25) is 0 Å². The standard InChI is InChI=1S/C32H36N2/c1-4-33(24-27-12-8-6-9-13-27)31-20-16-29(17-21-31)26(3)30-18-22-32(23-19-30)34(5-2)25-28-14-10-7-11-15-28/h6-23,26H,4-5,24-25H2,1-3H3. The molecule has 174 valence electrons. The highest BCUT2D eigenvalue weighted by atomic mass is 15.1. The second kappa shape index (κ2) is 11.6. The molecule has 0 atom stereocenters. The van der Waals surface area contributed by atoms with Crippen molar-refractivity contribution in [3.05, 3.63) is 131 Å². The first-order valence-electron chi connectivity index (χ1n) is 12.5. The van der Waals surface area contributed by atoms with Crippen molar-refractivity contribution in [1.82, 2.24) is 0 Å². The van der Waals surface area contributed by atoms with Crippen LogP contribution in [0.5, 0.6) is 0 Å². The van der Waals surface area contributed by atoms with Gasteiger partial charge < -0.3 is 9.80 Å². The Bertz CT molecular complexity index is 1030. The maximum atomic E-state index is 2.42. The smallest absolute Gasteiger partial charge is 0.0429 e. The van der Waals surface area contributed by atoms with E-state index in [9.17, 15) is 0 Å². The average Bonchev–Trinajstić information content (AvgIpc) is 2.91. The lowest BCUT2D eigenvalue weighted by Gasteiger charge is -2.25. The normalized spacial score (nSPS) is 10.9. The fraction of sp³-hybridized carbons (Fsp3) is 0.250. The summed E-state index contributed by atoms with van der Waals surface area (Å²) in [6, 6.07) is 39.6. The summed E-state index contributed by atoms with van der Waals surface area (Å²) in [5.74, 6) is 0.358. The molecule has 0 amide bonds. The van der Waals surface area contributed by atoms with Gasteiger partial charge in [-0.2, -0.15) is 0 Å². The summed E-state index contributed by atoms with van der Waals surface area (Å²) in [7, 11) is 0. The number of hydrogen-bond donors (Lipinski definition) is 0. The van der Waals surface area contributed by atoms with Crippen molar-refractivity contribution in [2.45, 2.75) is 39.8 Å². The van der Waals surface area contributed by atoms with E-state index in [0.717, 1.165) is 26.2 Å². The van der Waals surface area contributed by atoms with Crippen LogP contribution in [-0.4, -0.2) is 13.1 Å². The summed E-state index contributed by atoms with van der Waals surface area (Å²) in [5.41, 5.74) is 7.94. The Hall–Kier alpha value is -3.52. The van der Waals surface area contributed by atoms with Gasteiger partial charge in [0.1, 0.15) is 0 Å². The summed E-state index contributed by atoms with van der Waals surface area (Å²) in [5, 5.41) is 0. The van der Waals surface area contributed by atoms with Crippen LogP contribution < -0.4 is 9.80 Å². The minimum Gasteiger partial charge on any atom is -0.367 e. The molecule has 0 radical (unpaired) electrons. The van der Waals surface area contributed by atoms with Crippen molar-refractivity contribution in [3.63, 3.8) is 0 Å². The highest BCUT2D eigenvalue weighted by Gasteiger charge is 2.12. The van der Waals surface area contributed by atoms with Crippen LogP contribution >= 0.6 is 0 Å². The maximum absolute atomic E-state index is 2.42. The SMILES string of the molecule is CCN(Cc1ccccc1)c1ccc(C(C)c2ccc(N(CC)Cc3ccccc3)cc2)cc1. The molecule has 34 heavy (non-hydrogen) atoms. The average molecular weight is 449 g/mol. The van der Waals surface area contributed by atoms with Crippen LogP contribution in [0.15, 0.2) is 109 Å². The number of rotatable bonds is 10. The molecule has 2 heteroatoms. The van der Waals surface area contributed by atoms with Crippen LogP contribution in [0.4, 0.5) is 11.4 Å². The van der Waals surface area contributed by atoms with E-state index in [1.807, 2.05) is 0 Å². The first-order chi connectivity index (χ1) is 16.7. The van der Waals surface area contributed by atoms with E-state index in [1.165, 1.54) is 33.6 Å². The van der Waals surface area contributed by atoms with E-state index in [-0.39, 0.29) is 0 Å². The van der Waals surface area contributed by atoms with E-state index in [0.29, 0.717) is 5.92 Å². The van der Waals surface area contributed by atoms with Gasteiger partial charge in [0.25, 0.3) is 0 Å². The molecule has 0 bridgehead atoms. The van der Waals surface area contributed by atoms with Gasteiger partial charge in [-0.1, -0.05) is 91.9 Å². The molecule has 0 spiro atoms. The minimum absolute atomic E-state index is 0.358. The van der Waals surface area contributed by atoms with Gasteiger partial charge in [-0.25, -0.2) is 0 Å². The van der Waals surface area contributed by atoms with E-state index in [2.05, 4.69) is 140 Å². The predicted octanol–water partition coefficient (Wildman–Crippen LogP) is 7.89. The molecular formula is C32H36N2. The molecule has 4 aromatic rings. The van der Waals surface area contributed by atoms with Crippen LogP contribution in [0.3, 0.4) is 0 Å². The molecule has 0 aliphatic heterocycles. The van der Waals surface area contributed by atoms with Gasteiger partial charge in [-0.05, 0) is 60.4 Å². The third-order valence-electron chi connectivity index (χ3n) is 6.71. The molecule has 0 saturated carbocycles. The van der Waals surface area contributed by atoms with Crippen molar-refractivity contribution in [2.75, 3.05) is 22.9 Å². The Morgan fingerprint density at radius 1 is 0.500 bits per heavy atom. The van der Waals surface area contributed by atoms with Gasteiger partial charge in [-0.15, -0.1) is 0 Å². The largest absolute Gasteiger partial charge is 0.367 e. The molecule has 0 heterocycles. The van der Waals surface area contributed by atoms with Crippen LogP contribution in [0.25, 0.3) is 0 Å². The van der Waals surface area contributed by atoms with Gasteiger partial charge in [0.05, 0.1) is 0 Å². The van der Waals surface area contributed by atoms with Crippen molar-refractivity contribution >= 4 is 11.4 Å². The molecule has 0 aromatic heterocycles. The van der Waals surface area contributed by atoms with Crippen LogP contribution in [0.1, 0.15) is 48.9 Å². The second-order valence-electron chi connectivity index (χ2n) is 8.90. The molecule has 4 aromatic carbocycles. The highest BCUT2D eigenvalue weighted by molar-refractivity contribution is 5.52. The Morgan fingerprint density at radius 3 is 1.18 bits per heavy atom. The summed E-state index contributed by atoms with van der Waals surface area (Å²) >= 11 is 0.